The first-order chi connectivity index (χ1) is 8.72. The molecule has 0 saturated heterocycles. The van der Waals surface area contributed by atoms with E-state index in [2.05, 4.69) is 9.97 Å². The molecule has 0 radical (unpaired) electrons. The molecule has 0 bridgehead atoms. The minimum Gasteiger partial charge on any atom is -0.480 e. The summed E-state index contributed by atoms with van der Waals surface area (Å²) in [7, 11) is 0. The van der Waals surface area contributed by atoms with Crippen LogP contribution < -0.4 is 0 Å². The molecule has 0 aliphatic heterocycles. The number of hydrogen-bond donors (Lipinski definition) is 2. The Balaban J connectivity index is 1.82. The van der Waals surface area contributed by atoms with E-state index in [-0.39, 0.29) is 0 Å². The van der Waals surface area contributed by atoms with Crippen molar-refractivity contribution in [1.82, 2.24) is 9.97 Å². The molecule has 0 aromatic carbocycles. The van der Waals surface area contributed by atoms with Crippen molar-refractivity contribution in [2.24, 2.45) is 0 Å². The fraction of sp³-hybridized carbons (Fsp3) is 0.714. The second-order valence-corrected chi connectivity index (χ2v) is 5.76. The smallest absolute Gasteiger partial charge is 0.317 e. The van der Waals surface area contributed by atoms with E-state index < -0.39 is 11.4 Å². The van der Waals surface area contributed by atoms with Crippen LogP contribution in [0.25, 0.3) is 0 Å². The number of nitrogens with one attached hydrogen (secondary N) is 1. The Hall–Kier alpha value is -1.32. The fourth-order valence-corrected chi connectivity index (χ4v) is 3.28. The van der Waals surface area contributed by atoms with E-state index in [9.17, 15) is 9.90 Å². The van der Waals surface area contributed by atoms with E-state index in [1.165, 1.54) is 32.1 Å². The predicted molar refractivity (Wildman–Crippen MR) is 67.6 cm³/mol. The summed E-state index contributed by atoms with van der Waals surface area (Å²) in [6, 6.07) is 0. The van der Waals surface area contributed by atoms with Gasteiger partial charge in [-0.2, -0.15) is 0 Å². The second-order valence-electron chi connectivity index (χ2n) is 5.76. The van der Waals surface area contributed by atoms with E-state index in [1.807, 2.05) is 6.20 Å². The molecular weight excluding hydrogens is 228 g/mol. The molecule has 0 amide bonds. The minimum atomic E-state index is -0.724. The van der Waals surface area contributed by atoms with Crippen LogP contribution in [0, 0.1) is 0 Å². The van der Waals surface area contributed by atoms with E-state index in [4.69, 9.17) is 0 Å². The maximum atomic E-state index is 11.4. The van der Waals surface area contributed by atoms with Crippen LogP contribution in [0.3, 0.4) is 0 Å². The molecule has 0 spiro atoms. The molecule has 18 heavy (non-hydrogen) atoms. The lowest BCUT2D eigenvalue weighted by molar-refractivity contribution is -0.147. The Morgan fingerprint density at radius 3 is 2.56 bits per heavy atom. The Morgan fingerprint density at radius 1 is 1.28 bits per heavy atom. The molecule has 2 saturated carbocycles. The number of aliphatic carboxylic acids is 1. The monoisotopic (exact) mass is 248 g/mol. The van der Waals surface area contributed by atoms with Crippen LogP contribution in [0.5, 0.6) is 0 Å². The minimum absolute atomic E-state index is 0.561. The molecule has 2 aliphatic rings. The number of carbonyl (C=O) groups is 1. The molecular formula is C14H20N2O2. The maximum absolute atomic E-state index is 11.4. The van der Waals surface area contributed by atoms with Gasteiger partial charge in [0.2, 0.25) is 0 Å². The number of hydrogen-bond acceptors (Lipinski definition) is 2. The Labute approximate surface area is 107 Å². The Bertz CT molecular complexity index is 442. The highest BCUT2D eigenvalue weighted by atomic mass is 16.4. The van der Waals surface area contributed by atoms with Crippen molar-refractivity contribution in [3.63, 3.8) is 0 Å². The van der Waals surface area contributed by atoms with E-state index in [1.54, 1.807) is 0 Å². The van der Waals surface area contributed by atoms with Gasteiger partial charge in [-0.1, -0.05) is 25.7 Å². The highest BCUT2D eigenvalue weighted by Gasteiger charge is 2.48. The third-order valence-electron chi connectivity index (χ3n) is 4.71. The highest BCUT2D eigenvalue weighted by molar-refractivity contribution is 5.81. The first-order valence-electron chi connectivity index (χ1n) is 7.01. The quantitative estimate of drug-likeness (QED) is 0.864. The molecule has 1 aromatic rings. The average molecular weight is 248 g/mol. The molecule has 4 nitrogen and oxygen atoms in total. The molecule has 2 fully saturated rings. The standard InChI is InChI=1S/C14H20N2O2/c17-13(18)14(7-4-8-14)12-15-9-11(16-12)10-5-2-1-3-6-10/h9-10H,1-8H2,(H,15,16)(H,17,18). The maximum Gasteiger partial charge on any atom is 0.317 e. The van der Waals surface area contributed by atoms with Crippen LogP contribution in [0.1, 0.15) is 68.8 Å². The molecule has 3 rings (SSSR count). The van der Waals surface area contributed by atoms with Gasteiger partial charge in [-0.3, -0.25) is 4.79 Å². The average Bonchev–Trinajstić information content (AvgIpc) is 2.78. The van der Waals surface area contributed by atoms with Gasteiger partial charge >= 0.3 is 5.97 Å². The van der Waals surface area contributed by atoms with Gasteiger partial charge in [-0.05, 0) is 25.7 Å². The van der Waals surface area contributed by atoms with Crippen molar-refractivity contribution >= 4 is 5.97 Å². The number of rotatable bonds is 3. The molecule has 2 aliphatic carbocycles. The van der Waals surface area contributed by atoms with Gasteiger partial charge in [0.25, 0.3) is 0 Å². The van der Waals surface area contributed by atoms with Gasteiger partial charge in [0.1, 0.15) is 11.2 Å². The van der Waals surface area contributed by atoms with Gasteiger partial charge in [0.15, 0.2) is 0 Å². The van der Waals surface area contributed by atoms with Gasteiger partial charge in [0, 0.05) is 17.8 Å². The Morgan fingerprint density at radius 2 is 2.00 bits per heavy atom. The number of nitrogens with zero attached hydrogens (tertiary/aromatic N) is 1. The zero-order valence-electron chi connectivity index (χ0n) is 10.6. The molecule has 98 valence electrons. The summed E-state index contributed by atoms with van der Waals surface area (Å²) >= 11 is 0. The summed E-state index contributed by atoms with van der Waals surface area (Å²) in [4.78, 5) is 19.1. The SMILES string of the molecule is O=C(O)C1(c2ncc(C3CCCCC3)[nH]2)CCC1. The number of aromatic nitrogens is 2. The summed E-state index contributed by atoms with van der Waals surface area (Å²) in [5, 5.41) is 9.40. The third-order valence-corrected chi connectivity index (χ3v) is 4.71. The van der Waals surface area contributed by atoms with Gasteiger partial charge < -0.3 is 10.1 Å². The second kappa shape index (κ2) is 4.41. The first-order valence-corrected chi connectivity index (χ1v) is 7.01. The lowest BCUT2D eigenvalue weighted by Crippen LogP contribution is -2.43. The van der Waals surface area contributed by atoms with Crippen LogP contribution in [-0.4, -0.2) is 21.0 Å². The van der Waals surface area contributed by atoms with Crippen LogP contribution in [0.15, 0.2) is 6.20 Å². The molecule has 1 heterocycles. The number of carboxylic acid groups (broad SMARTS) is 1. The lowest BCUT2D eigenvalue weighted by atomic mass is 9.68. The van der Waals surface area contributed by atoms with Gasteiger partial charge in [-0.15, -0.1) is 0 Å². The van der Waals surface area contributed by atoms with E-state index in [0.29, 0.717) is 11.7 Å². The van der Waals surface area contributed by atoms with E-state index >= 15 is 0 Å². The summed E-state index contributed by atoms with van der Waals surface area (Å²) in [5.41, 5.74) is 0.435. The molecule has 2 N–H and O–H groups in total. The largest absolute Gasteiger partial charge is 0.480 e. The van der Waals surface area contributed by atoms with Crippen LogP contribution >= 0.6 is 0 Å². The third kappa shape index (κ3) is 1.74. The van der Waals surface area contributed by atoms with Crippen molar-refractivity contribution in [2.75, 3.05) is 0 Å². The molecule has 1 aromatic heterocycles. The summed E-state index contributed by atoms with van der Waals surface area (Å²) < 4.78 is 0. The van der Waals surface area contributed by atoms with Crippen molar-refractivity contribution in [2.45, 2.75) is 62.7 Å². The summed E-state index contributed by atoms with van der Waals surface area (Å²) in [5.74, 6) is 0.519. The normalized spacial score (nSPS) is 23.6. The number of imidazole rings is 1. The van der Waals surface area contributed by atoms with Crippen molar-refractivity contribution in [3.05, 3.63) is 17.7 Å². The van der Waals surface area contributed by atoms with Crippen molar-refractivity contribution < 1.29 is 9.90 Å². The van der Waals surface area contributed by atoms with Crippen LogP contribution in [0.2, 0.25) is 0 Å². The molecule has 0 unspecified atom stereocenters. The molecule has 0 atom stereocenters. The summed E-state index contributed by atoms with van der Waals surface area (Å²) in [6.07, 6.45) is 10.6. The number of H-pyrrole nitrogens is 1. The topological polar surface area (TPSA) is 66.0 Å². The zero-order chi connectivity index (χ0) is 12.6. The van der Waals surface area contributed by atoms with E-state index in [0.717, 1.165) is 25.0 Å². The zero-order valence-corrected chi connectivity index (χ0v) is 10.6. The molecule has 4 heteroatoms. The van der Waals surface area contributed by atoms with Gasteiger partial charge in [-0.25, -0.2) is 4.98 Å². The van der Waals surface area contributed by atoms with Gasteiger partial charge in [0.05, 0.1) is 0 Å². The van der Waals surface area contributed by atoms with Crippen molar-refractivity contribution in [1.29, 1.82) is 0 Å². The van der Waals surface area contributed by atoms with Crippen molar-refractivity contribution in [3.8, 4) is 0 Å². The van der Waals surface area contributed by atoms with Crippen LogP contribution in [0.4, 0.5) is 0 Å². The fourth-order valence-electron chi connectivity index (χ4n) is 3.28. The predicted octanol–water partition coefficient (Wildman–Crippen LogP) is 2.96. The van der Waals surface area contributed by atoms with Crippen LogP contribution in [-0.2, 0) is 10.2 Å². The first kappa shape index (κ1) is 11.8. The lowest BCUT2D eigenvalue weighted by Gasteiger charge is -2.35. The Kier molecular flexibility index (Phi) is 2.88. The summed E-state index contributed by atoms with van der Waals surface area (Å²) in [6.45, 7) is 0. The number of carboxylic acids is 1. The highest BCUT2D eigenvalue weighted by Crippen LogP contribution is 2.43. The number of aromatic amines is 1.